The smallest absolute Gasteiger partial charge is 0.271 e. The van der Waals surface area contributed by atoms with Crippen molar-refractivity contribution in [2.75, 3.05) is 5.32 Å². The monoisotopic (exact) mass is 354 g/mol. The molecule has 2 aromatic carbocycles. The Balaban J connectivity index is 2.28. The summed E-state index contributed by atoms with van der Waals surface area (Å²) < 4.78 is 0.766. The summed E-state index contributed by atoms with van der Waals surface area (Å²) in [5.74, 6) is 0. The van der Waals surface area contributed by atoms with Crippen LogP contribution >= 0.6 is 27.5 Å². The third-order valence-electron chi connectivity index (χ3n) is 2.90. The number of nitro benzene ring substituents is 1. The van der Waals surface area contributed by atoms with Crippen LogP contribution in [0.2, 0.25) is 5.02 Å². The van der Waals surface area contributed by atoms with E-state index in [1.165, 1.54) is 12.1 Å². The zero-order valence-electron chi connectivity index (χ0n) is 10.6. The molecule has 0 saturated carbocycles. The van der Waals surface area contributed by atoms with Gasteiger partial charge in [0.15, 0.2) is 0 Å². The Morgan fingerprint density at radius 3 is 2.65 bits per heavy atom. The number of hydrogen-bond donors (Lipinski definition) is 1. The number of nitrogens with zero attached hydrogens (tertiary/aromatic N) is 1. The third kappa shape index (κ3) is 3.29. The van der Waals surface area contributed by atoms with Gasteiger partial charge in [-0.2, -0.15) is 0 Å². The van der Waals surface area contributed by atoms with Crippen molar-refractivity contribution in [2.24, 2.45) is 0 Å². The highest BCUT2D eigenvalue weighted by atomic mass is 79.9. The number of non-ortho nitro benzene ring substituents is 1. The second-order valence-corrected chi connectivity index (χ2v) is 5.57. The summed E-state index contributed by atoms with van der Waals surface area (Å²) in [7, 11) is 0. The van der Waals surface area contributed by atoms with E-state index in [4.69, 9.17) is 11.6 Å². The summed E-state index contributed by atoms with van der Waals surface area (Å²) in [5.41, 5.74) is 1.64. The Kier molecular flexibility index (Phi) is 4.62. The lowest BCUT2D eigenvalue weighted by molar-refractivity contribution is -0.384. The molecule has 20 heavy (non-hydrogen) atoms. The van der Waals surface area contributed by atoms with E-state index in [9.17, 15) is 10.1 Å². The molecule has 0 radical (unpaired) electrons. The standard InChI is InChI=1S/C14H12BrClN2O2/c1-9(11-4-2-3-5-13(11)16)17-14-8-10(18(19)20)6-7-12(14)15/h2-9,17H,1H3. The number of halogens is 2. The summed E-state index contributed by atoms with van der Waals surface area (Å²) >= 11 is 9.53. The number of nitrogens with one attached hydrogen (secondary N) is 1. The van der Waals surface area contributed by atoms with Crippen molar-refractivity contribution in [2.45, 2.75) is 13.0 Å². The average Bonchev–Trinajstić information content (AvgIpc) is 2.41. The molecule has 0 amide bonds. The van der Waals surface area contributed by atoms with E-state index >= 15 is 0 Å². The molecular weight excluding hydrogens is 344 g/mol. The van der Waals surface area contributed by atoms with Gasteiger partial charge in [0.1, 0.15) is 0 Å². The lowest BCUT2D eigenvalue weighted by Crippen LogP contribution is -2.08. The first kappa shape index (κ1) is 14.8. The van der Waals surface area contributed by atoms with Crippen molar-refractivity contribution < 1.29 is 4.92 Å². The molecule has 2 aromatic rings. The molecule has 0 aliphatic rings. The van der Waals surface area contributed by atoms with Crippen LogP contribution in [-0.2, 0) is 0 Å². The Labute approximate surface area is 130 Å². The zero-order valence-corrected chi connectivity index (χ0v) is 13.0. The Morgan fingerprint density at radius 1 is 1.30 bits per heavy atom. The largest absolute Gasteiger partial charge is 0.377 e. The van der Waals surface area contributed by atoms with E-state index in [1.807, 2.05) is 31.2 Å². The Morgan fingerprint density at radius 2 is 2.00 bits per heavy atom. The molecule has 0 aliphatic heterocycles. The molecule has 0 bridgehead atoms. The molecule has 0 saturated heterocycles. The molecule has 0 aliphatic carbocycles. The van der Waals surface area contributed by atoms with E-state index in [0.717, 1.165) is 10.0 Å². The molecule has 0 heterocycles. The minimum atomic E-state index is -0.419. The molecule has 1 atom stereocenters. The highest BCUT2D eigenvalue weighted by Gasteiger charge is 2.13. The van der Waals surface area contributed by atoms with Gasteiger partial charge in [-0.25, -0.2) is 0 Å². The first-order valence-electron chi connectivity index (χ1n) is 5.94. The van der Waals surface area contributed by atoms with Crippen LogP contribution in [0, 0.1) is 10.1 Å². The maximum atomic E-state index is 10.8. The minimum absolute atomic E-state index is 0.0436. The molecule has 1 N–H and O–H groups in total. The van der Waals surface area contributed by atoms with Crippen LogP contribution < -0.4 is 5.32 Å². The zero-order chi connectivity index (χ0) is 14.7. The van der Waals surface area contributed by atoms with Crippen LogP contribution in [0.15, 0.2) is 46.9 Å². The van der Waals surface area contributed by atoms with Crippen LogP contribution in [0.1, 0.15) is 18.5 Å². The van der Waals surface area contributed by atoms with E-state index < -0.39 is 4.92 Å². The summed E-state index contributed by atoms with van der Waals surface area (Å²) in [5, 5.41) is 14.7. The van der Waals surface area contributed by atoms with Crippen molar-refractivity contribution in [1.29, 1.82) is 0 Å². The van der Waals surface area contributed by atoms with Crippen LogP contribution in [0.5, 0.6) is 0 Å². The third-order valence-corrected chi connectivity index (χ3v) is 3.94. The van der Waals surface area contributed by atoms with Gasteiger partial charge in [0.05, 0.1) is 16.7 Å². The van der Waals surface area contributed by atoms with E-state index in [-0.39, 0.29) is 11.7 Å². The highest BCUT2D eigenvalue weighted by molar-refractivity contribution is 9.10. The number of hydrogen-bond acceptors (Lipinski definition) is 3. The van der Waals surface area contributed by atoms with Gasteiger partial charge < -0.3 is 5.32 Å². The maximum absolute atomic E-state index is 10.8. The first-order chi connectivity index (χ1) is 9.49. The number of rotatable bonds is 4. The van der Waals surface area contributed by atoms with Crippen molar-refractivity contribution >= 4 is 38.9 Å². The van der Waals surface area contributed by atoms with Gasteiger partial charge in [0.25, 0.3) is 5.69 Å². The molecule has 0 fully saturated rings. The molecule has 1 unspecified atom stereocenters. The average molecular weight is 356 g/mol. The summed E-state index contributed by atoms with van der Waals surface area (Å²) in [6.45, 7) is 1.95. The van der Waals surface area contributed by atoms with Crippen molar-refractivity contribution in [3.05, 3.63) is 67.6 Å². The molecule has 0 aromatic heterocycles. The van der Waals surface area contributed by atoms with Gasteiger partial charge >= 0.3 is 0 Å². The molecule has 6 heteroatoms. The van der Waals surface area contributed by atoms with Crippen LogP contribution in [-0.4, -0.2) is 4.92 Å². The lowest BCUT2D eigenvalue weighted by atomic mass is 10.1. The fourth-order valence-electron chi connectivity index (χ4n) is 1.87. The first-order valence-corrected chi connectivity index (χ1v) is 7.11. The van der Waals surface area contributed by atoms with Crippen molar-refractivity contribution in [3.8, 4) is 0 Å². The predicted octanol–water partition coefficient (Wildman–Crippen LogP) is 5.18. The number of benzene rings is 2. The highest BCUT2D eigenvalue weighted by Crippen LogP contribution is 2.31. The quantitative estimate of drug-likeness (QED) is 0.607. The van der Waals surface area contributed by atoms with Gasteiger partial charge in [0.2, 0.25) is 0 Å². The van der Waals surface area contributed by atoms with E-state index in [2.05, 4.69) is 21.2 Å². The van der Waals surface area contributed by atoms with Crippen molar-refractivity contribution in [1.82, 2.24) is 0 Å². The SMILES string of the molecule is CC(Nc1cc([N+](=O)[O-])ccc1Br)c1ccccc1Cl. The summed E-state index contributed by atoms with van der Waals surface area (Å²) in [4.78, 5) is 10.4. The molecule has 0 spiro atoms. The van der Waals surface area contributed by atoms with Crippen LogP contribution in [0.25, 0.3) is 0 Å². The van der Waals surface area contributed by atoms with Crippen LogP contribution in [0.3, 0.4) is 0 Å². The van der Waals surface area contributed by atoms with E-state index in [1.54, 1.807) is 6.07 Å². The van der Waals surface area contributed by atoms with Gasteiger partial charge in [-0.3, -0.25) is 10.1 Å². The number of anilines is 1. The molecular formula is C14H12BrClN2O2. The molecule has 104 valence electrons. The van der Waals surface area contributed by atoms with Gasteiger partial charge in [-0.1, -0.05) is 29.8 Å². The second kappa shape index (κ2) is 6.24. The van der Waals surface area contributed by atoms with Gasteiger partial charge in [-0.05, 0) is 40.5 Å². The minimum Gasteiger partial charge on any atom is -0.377 e. The normalized spacial score (nSPS) is 11.9. The number of nitro groups is 1. The summed E-state index contributed by atoms with van der Waals surface area (Å²) in [6.07, 6.45) is 0. The lowest BCUT2D eigenvalue weighted by Gasteiger charge is -2.17. The molecule has 2 rings (SSSR count). The van der Waals surface area contributed by atoms with Crippen LogP contribution in [0.4, 0.5) is 11.4 Å². The van der Waals surface area contributed by atoms with Crippen molar-refractivity contribution in [3.63, 3.8) is 0 Å². The topological polar surface area (TPSA) is 55.2 Å². The summed E-state index contributed by atoms with van der Waals surface area (Å²) in [6, 6.07) is 12.0. The maximum Gasteiger partial charge on any atom is 0.271 e. The Bertz CT molecular complexity index is 649. The fourth-order valence-corrected chi connectivity index (χ4v) is 2.54. The van der Waals surface area contributed by atoms with Gasteiger partial charge in [-0.15, -0.1) is 0 Å². The second-order valence-electron chi connectivity index (χ2n) is 4.31. The Hall–Kier alpha value is -1.59. The van der Waals surface area contributed by atoms with E-state index in [0.29, 0.717) is 10.7 Å². The molecule has 4 nitrogen and oxygen atoms in total. The predicted molar refractivity (Wildman–Crippen MR) is 84.3 cm³/mol. The van der Waals surface area contributed by atoms with Gasteiger partial charge in [0, 0.05) is 21.6 Å². The fraction of sp³-hybridized carbons (Fsp3) is 0.143.